The van der Waals surface area contributed by atoms with Crippen LogP contribution < -0.4 is 11.1 Å². The van der Waals surface area contributed by atoms with E-state index in [1.54, 1.807) is 7.05 Å². The molecule has 1 rings (SSSR count). The highest BCUT2D eigenvalue weighted by Gasteiger charge is 2.36. The molecular formula is C16H26ClN3O2. The van der Waals surface area contributed by atoms with E-state index in [4.69, 9.17) is 5.73 Å². The van der Waals surface area contributed by atoms with Crippen LogP contribution in [0.2, 0.25) is 0 Å². The van der Waals surface area contributed by atoms with Gasteiger partial charge >= 0.3 is 0 Å². The lowest BCUT2D eigenvalue weighted by Gasteiger charge is -2.32. The van der Waals surface area contributed by atoms with E-state index in [1.807, 2.05) is 44.2 Å². The second kappa shape index (κ2) is 9.43. The normalized spacial score (nSPS) is 10.5. The SMILES string of the molecule is CCC(CC)(CN)C(=O)N(C)CC(=O)Nc1ccccc1.Cl. The van der Waals surface area contributed by atoms with Crippen LogP contribution >= 0.6 is 12.4 Å². The molecule has 2 amide bonds. The smallest absolute Gasteiger partial charge is 0.243 e. The predicted molar refractivity (Wildman–Crippen MR) is 92.0 cm³/mol. The molecule has 0 saturated carbocycles. The van der Waals surface area contributed by atoms with Crippen LogP contribution in [0.5, 0.6) is 0 Å². The maximum absolute atomic E-state index is 12.5. The van der Waals surface area contributed by atoms with E-state index in [0.29, 0.717) is 19.4 Å². The summed E-state index contributed by atoms with van der Waals surface area (Å²) in [5.41, 5.74) is 5.93. The molecule has 0 fully saturated rings. The van der Waals surface area contributed by atoms with Gasteiger partial charge in [-0.2, -0.15) is 0 Å². The number of hydrogen-bond donors (Lipinski definition) is 2. The van der Waals surface area contributed by atoms with Gasteiger partial charge in [-0.05, 0) is 25.0 Å². The molecule has 1 aromatic rings. The number of para-hydroxylation sites is 1. The Labute approximate surface area is 138 Å². The average Bonchev–Trinajstić information content (AvgIpc) is 2.50. The second-order valence-corrected chi connectivity index (χ2v) is 5.27. The number of amides is 2. The first kappa shape index (κ1) is 20.4. The highest BCUT2D eigenvalue weighted by Crippen LogP contribution is 2.27. The summed E-state index contributed by atoms with van der Waals surface area (Å²) >= 11 is 0. The summed E-state index contributed by atoms with van der Waals surface area (Å²) in [5.74, 6) is -0.284. The van der Waals surface area contributed by atoms with Crippen LogP contribution in [0.3, 0.4) is 0 Å². The third-order valence-corrected chi connectivity index (χ3v) is 3.98. The largest absolute Gasteiger partial charge is 0.336 e. The lowest BCUT2D eigenvalue weighted by Crippen LogP contribution is -2.48. The molecule has 6 heteroatoms. The molecule has 124 valence electrons. The molecule has 0 aromatic heterocycles. The number of anilines is 1. The van der Waals surface area contributed by atoms with Crippen molar-refractivity contribution in [2.24, 2.45) is 11.1 Å². The van der Waals surface area contributed by atoms with Gasteiger partial charge < -0.3 is 16.0 Å². The summed E-state index contributed by atoms with van der Waals surface area (Å²) in [6.07, 6.45) is 1.34. The monoisotopic (exact) mass is 327 g/mol. The third-order valence-electron chi connectivity index (χ3n) is 3.98. The quantitative estimate of drug-likeness (QED) is 0.806. The van der Waals surface area contributed by atoms with Crippen LogP contribution in [0.4, 0.5) is 5.69 Å². The van der Waals surface area contributed by atoms with E-state index in [9.17, 15) is 9.59 Å². The number of hydrogen-bond acceptors (Lipinski definition) is 3. The second-order valence-electron chi connectivity index (χ2n) is 5.27. The van der Waals surface area contributed by atoms with Gasteiger partial charge in [0.2, 0.25) is 11.8 Å². The predicted octanol–water partition coefficient (Wildman–Crippen LogP) is 2.27. The lowest BCUT2D eigenvalue weighted by molar-refractivity contribution is -0.142. The zero-order valence-electron chi connectivity index (χ0n) is 13.5. The summed E-state index contributed by atoms with van der Waals surface area (Å²) < 4.78 is 0. The molecule has 0 unspecified atom stereocenters. The van der Waals surface area contributed by atoms with Crippen molar-refractivity contribution in [1.29, 1.82) is 0 Å². The first-order valence-corrected chi connectivity index (χ1v) is 7.29. The summed E-state index contributed by atoms with van der Waals surface area (Å²) in [7, 11) is 1.64. The Balaban J connectivity index is 0.00000441. The van der Waals surface area contributed by atoms with Crippen molar-refractivity contribution in [3.8, 4) is 0 Å². The lowest BCUT2D eigenvalue weighted by atomic mass is 9.81. The molecule has 0 atom stereocenters. The fourth-order valence-corrected chi connectivity index (χ4v) is 2.34. The molecule has 0 spiro atoms. The first-order valence-electron chi connectivity index (χ1n) is 7.29. The molecule has 0 saturated heterocycles. The van der Waals surface area contributed by atoms with Crippen molar-refractivity contribution in [3.63, 3.8) is 0 Å². The third kappa shape index (κ3) is 5.00. The number of carbonyl (C=O) groups excluding carboxylic acids is 2. The summed E-state index contributed by atoms with van der Waals surface area (Å²) in [6, 6.07) is 9.18. The standard InChI is InChI=1S/C16H25N3O2.ClH/c1-4-16(5-2,12-17)15(21)19(3)11-14(20)18-13-9-7-6-8-10-13;/h6-10H,4-5,11-12,17H2,1-3H3,(H,18,20);1H. The van der Waals surface area contributed by atoms with E-state index in [0.717, 1.165) is 5.69 Å². The maximum atomic E-state index is 12.5. The topological polar surface area (TPSA) is 75.4 Å². The Morgan fingerprint density at radius 3 is 2.18 bits per heavy atom. The number of likely N-dealkylation sites (N-methyl/N-ethyl adjacent to an activating group) is 1. The van der Waals surface area contributed by atoms with Gasteiger partial charge in [-0.25, -0.2) is 0 Å². The molecule has 0 radical (unpaired) electrons. The van der Waals surface area contributed by atoms with Crippen LogP contribution in [0, 0.1) is 5.41 Å². The highest BCUT2D eigenvalue weighted by atomic mass is 35.5. The van der Waals surface area contributed by atoms with Crippen LogP contribution in [0.25, 0.3) is 0 Å². The van der Waals surface area contributed by atoms with E-state index < -0.39 is 5.41 Å². The van der Waals surface area contributed by atoms with Gasteiger partial charge in [-0.1, -0.05) is 32.0 Å². The molecule has 0 bridgehead atoms. The molecule has 0 aliphatic heterocycles. The molecule has 0 aliphatic rings. The number of benzene rings is 1. The maximum Gasteiger partial charge on any atom is 0.243 e. The van der Waals surface area contributed by atoms with Gasteiger partial charge in [0.15, 0.2) is 0 Å². The number of nitrogens with one attached hydrogen (secondary N) is 1. The fourth-order valence-electron chi connectivity index (χ4n) is 2.34. The minimum absolute atomic E-state index is 0. The number of nitrogens with zero attached hydrogens (tertiary/aromatic N) is 1. The Kier molecular flexibility index (Phi) is 8.75. The number of halogens is 1. The minimum atomic E-state index is -0.568. The van der Waals surface area contributed by atoms with Gasteiger partial charge in [-0.15, -0.1) is 12.4 Å². The van der Waals surface area contributed by atoms with Crippen molar-refractivity contribution in [2.45, 2.75) is 26.7 Å². The Morgan fingerprint density at radius 2 is 1.73 bits per heavy atom. The van der Waals surface area contributed by atoms with Crippen molar-refractivity contribution >= 4 is 29.9 Å². The minimum Gasteiger partial charge on any atom is -0.336 e. The zero-order chi connectivity index (χ0) is 15.9. The van der Waals surface area contributed by atoms with Gasteiger partial charge in [0.1, 0.15) is 0 Å². The van der Waals surface area contributed by atoms with Gasteiger partial charge in [0.25, 0.3) is 0 Å². The zero-order valence-corrected chi connectivity index (χ0v) is 14.3. The van der Waals surface area contributed by atoms with Crippen molar-refractivity contribution in [2.75, 3.05) is 25.5 Å². The van der Waals surface area contributed by atoms with E-state index in [-0.39, 0.29) is 30.8 Å². The molecular weight excluding hydrogens is 302 g/mol. The molecule has 0 aliphatic carbocycles. The number of nitrogens with two attached hydrogens (primary N) is 1. The van der Waals surface area contributed by atoms with Crippen LogP contribution in [-0.4, -0.2) is 36.9 Å². The van der Waals surface area contributed by atoms with Crippen LogP contribution in [-0.2, 0) is 9.59 Å². The molecule has 0 heterocycles. The Hall–Kier alpha value is -1.59. The Bertz CT molecular complexity index is 467. The highest BCUT2D eigenvalue weighted by molar-refractivity contribution is 5.95. The molecule has 3 N–H and O–H groups in total. The van der Waals surface area contributed by atoms with E-state index in [2.05, 4.69) is 5.32 Å². The Morgan fingerprint density at radius 1 is 1.18 bits per heavy atom. The molecule has 22 heavy (non-hydrogen) atoms. The average molecular weight is 328 g/mol. The van der Waals surface area contributed by atoms with Crippen molar-refractivity contribution in [3.05, 3.63) is 30.3 Å². The summed E-state index contributed by atoms with van der Waals surface area (Å²) in [4.78, 5) is 26.0. The first-order chi connectivity index (χ1) is 9.99. The van der Waals surface area contributed by atoms with Crippen LogP contribution in [0.1, 0.15) is 26.7 Å². The number of rotatable bonds is 7. The van der Waals surface area contributed by atoms with Gasteiger partial charge in [0, 0.05) is 19.3 Å². The number of carbonyl (C=O) groups is 2. The summed E-state index contributed by atoms with van der Waals surface area (Å²) in [6.45, 7) is 4.22. The van der Waals surface area contributed by atoms with E-state index >= 15 is 0 Å². The summed E-state index contributed by atoms with van der Waals surface area (Å²) in [5, 5.41) is 2.77. The van der Waals surface area contributed by atoms with Crippen molar-refractivity contribution in [1.82, 2.24) is 4.90 Å². The van der Waals surface area contributed by atoms with Gasteiger partial charge in [0.05, 0.1) is 12.0 Å². The van der Waals surface area contributed by atoms with E-state index in [1.165, 1.54) is 4.90 Å². The fraction of sp³-hybridized carbons (Fsp3) is 0.500. The molecule has 1 aromatic carbocycles. The van der Waals surface area contributed by atoms with Crippen molar-refractivity contribution < 1.29 is 9.59 Å². The molecule has 5 nitrogen and oxygen atoms in total. The van der Waals surface area contributed by atoms with Crippen LogP contribution in [0.15, 0.2) is 30.3 Å². The van der Waals surface area contributed by atoms with Gasteiger partial charge in [-0.3, -0.25) is 9.59 Å².